The molecule has 0 radical (unpaired) electrons. The van der Waals surface area contributed by atoms with E-state index in [4.69, 9.17) is 13.3 Å². The van der Waals surface area contributed by atoms with Gasteiger partial charge >= 0.3 is 8.80 Å². The summed E-state index contributed by atoms with van der Waals surface area (Å²) in [5.74, 6) is 0. The van der Waals surface area contributed by atoms with Gasteiger partial charge in [0.1, 0.15) is 6.29 Å². The SMILES string of the molecule is CO[Si](CCCCCC=O)(OC)OC. The molecule has 0 aliphatic heterocycles. The molecular weight excluding hydrogens is 200 g/mol. The zero-order valence-electron chi connectivity index (χ0n) is 9.25. The molecular formula is C9H20O4Si. The van der Waals surface area contributed by atoms with E-state index in [9.17, 15) is 4.79 Å². The van der Waals surface area contributed by atoms with Crippen molar-refractivity contribution in [2.75, 3.05) is 21.3 Å². The fourth-order valence-electron chi connectivity index (χ4n) is 1.30. The summed E-state index contributed by atoms with van der Waals surface area (Å²) in [5.41, 5.74) is 0. The van der Waals surface area contributed by atoms with Gasteiger partial charge < -0.3 is 18.1 Å². The van der Waals surface area contributed by atoms with Crippen molar-refractivity contribution in [3.05, 3.63) is 0 Å². The fraction of sp³-hybridized carbons (Fsp3) is 0.889. The highest BCUT2D eigenvalue weighted by Crippen LogP contribution is 2.17. The quantitative estimate of drug-likeness (QED) is 0.336. The molecule has 0 aromatic heterocycles. The summed E-state index contributed by atoms with van der Waals surface area (Å²) in [6.45, 7) is 0. The van der Waals surface area contributed by atoms with Gasteiger partial charge in [-0.15, -0.1) is 0 Å². The lowest BCUT2D eigenvalue weighted by atomic mass is 10.2. The Morgan fingerprint density at radius 2 is 1.57 bits per heavy atom. The van der Waals surface area contributed by atoms with E-state index >= 15 is 0 Å². The third-order valence-electron chi connectivity index (χ3n) is 2.24. The molecule has 4 nitrogen and oxygen atoms in total. The van der Waals surface area contributed by atoms with Gasteiger partial charge in [-0.1, -0.05) is 6.42 Å². The van der Waals surface area contributed by atoms with E-state index in [1.165, 1.54) is 0 Å². The molecule has 0 unspecified atom stereocenters. The first-order valence-electron chi connectivity index (χ1n) is 4.83. The Bertz CT molecular complexity index is 139. The number of aldehydes is 1. The highest BCUT2D eigenvalue weighted by Gasteiger charge is 2.36. The van der Waals surface area contributed by atoms with E-state index in [0.29, 0.717) is 6.42 Å². The standard InChI is InChI=1S/C9H20O4Si/c1-11-14(12-2,13-3)9-7-5-4-6-8-10/h8H,4-7,9H2,1-3H3. The second kappa shape index (κ2) is 8.11. The molecule has 0 N–H and O–H groups in total. The number of unbranched alkanes of at least 4 members (excludes halogenated alkanes) is 3. The Morgan fingerprint density at radius 3 is 2.00 bits per heavy atom. The van der Waals surface area contributed by atoms with Crippen LogP contribution in [0.5, 0.6) is 0 Å². The lowest BCUT2D eigenvalue weighted by Gasteiger charge is -2.24. The fourth-order valence-corrected chi connectivity index (χ4v) is 3.10. The van der Waals surface area contributed by atoms with Crippen LogP contribution in [0.2, 0.25) is 6.04 Å². The summed E-state index contributed by atoms with van der Waals surface area (Å²) in [4.78, 5) is 10.1. The first kappa shape index (κ1) is 13.8. The van der Waals surface area contributed by atoms with Crippen molar-refractivity contribution >= 4 is 15.1 Å². The summed E-state index contributed by atoms with van der Waals surface area (Å²) < 4.78 is 15.8. The molecule has 0 aromatic rings. The Balaban J connectivity index is 3.65. The lowest BCUT2D eigenvalue weighted by Crippen LogP contribution is -2.42. The van der Waals surface area contributed by atoms with Gasteiger partial charge in [0.25, 0.3) is 0 Å². The minimum absolute atomic E-state index is 0.640. The number of hydrogen-bond donors (Lipinski definition) is 0. The molecule has 0 atom stereocenters. The number of carbonyl (C=O) groups excluding carboxylic acids is 1. The minimum atomic E-state index is -2.37. The zero-order valence-corrected chi connectivity index (χ0v) is 10.2. The van der Waals surface area contributed by atoms with Crippen molar-refractivity contribution < 1.29 is 18.1 Å². The van der Waals surface area contributed by atoms with Gasteiger partial charge in [0.15, 0.2) is 0 Å². The molecule has 5 heteroatoms. The summed E-state index contributed by atoms with van der Waals surface area (Å²) >= 11 is 0. The maximum atomic E-state index is 10.1. The maximum Gasteiger partial charge on any atom is 0.500 e. The maximum absolute atomic E-state index is 10.1. The van der Waals surface area contributed by atoms with E-state index in [0.717, 1.165) is 31.6 Å². The van der Waals surface area contributed by atoms with Crippen molar-refractivity contribution in [2.45, 2.75) is 31.7 Å². The van der Waals surface area contributed by atoms with Gasteiger partial charge in [0, 0.05) is 33.8 Å². The van der Waals surface area contributed by atoms with Crippen LogP contribution >= 0.6 is 0 Å². The van der Waals surface area contributed by atoms with E-state index in [1.54, 1.807) is 21.3 Å². The molecule has 0 saturated heterocycles. The van der Waals surface area contributed by atoms with Crippen LogP contribution in [0.4, 0.5) is 0 Å². The number of carbonyl (C=O) groups is 1. The van der Waals surface area contributed by atoms with Crippen LogP contribution in [0, 0.1) is 0 Å². The van der Waals surface area contributed by atoms with E-state index in [2.05, 4.69) is 0 Å². The predicted molar refractivity (Wildman–Crippen MR) is 56.1 cm³/mol. The number of hydrogen-bond acceptors (Lipinski definition) is 4. The van der Waals surface area contributed by atoms with Gasteiger partial charge in [-0.25, -0.2) is 0 Å². The molecule has 0 aliphatic carbocycles. The Labute approximate surface area is 86.9 Å². The van der Waals surface area contributed by atoms with Crippen molar-refractivity contribution in [1.29, 1.82) is 0 Å². The third-order valence-corrected chi connectivity index (χ3v) is 5.07. The summed E-state index contributed by atoms with van der Waals surface area (Å²) in [6, 6.07) is 0.815. The minimum Gasteiger partial charge on any atom is -0.377 e. The first-order valence-corrected chi connectivity index (χ1v) is 6.77. The van der Waals surface area contributed by atoms with Gasteiger partial charge in [0.05, 0.1) is 0 Å². The topological polar surface area (TPSA) is 44.8 Å². The van der Waals surface area contributed by atoms with Crippen LogP contribution < -0.4 is 0 Å². The molecule has 0 fully saturated rings. The second-order valence-corrected chi connectivity index (χ2v) is 6.15. The molecule has 0 rings (SSSR count). The van der Waals surface area contributed by atoms with Crippen molar-refractivity contribution in [3.8, 4) is 0 Å². The third kappa shape index (κ3) is 4.85. The number of rotatable bonds is 9. The molecule has 0 aromatic carbocycles. The highest BCUT2D eigenvalue weighted by molar-refractivity contribution is 6.60. The molecule has 0 heterocycles. The molecule has 84 valence electrons. The Kier molecular flexibility index (Phi) is 7.97. The van der Waals surface area contributed by atoms with Crippen LogP contribution in [0.25, 0.3) is 0 Å². The smallest absolute Gasteiger partial charge is 0.377 e. The van der Waals surface area contributed by atoms with Crippen molar-refractivity contribution in [2.24, 2.45) is 0 Å². The van der Waals surface area contributed by atoms with Crippen molar-refractivity contribution in [3.63, 3.8) is 0 Å². The first-order chi connectivity index (χ1) is 6.74. The molecule has 0 saturated carbocycles. The van der Waals surface area contributed by atoms with Gasteiger partial charge in [-0.2, -0.15) is 0 Å². The average Bonchev–Trinajstić information content (AvgIpc) is 2.24. The molecule has 0 aliphatic rings. The molecule has 0 spiro atoms. The zero-order chi connectivity index (χ0) is 10.9. The van der Waals surface area contributed by atoms with Crippen LogP contribution in [-0.2, 0) is 18.1 Å². The monoisotopic (exact) mass is 220 g/mol. The average molecular weight is 220 g/mol. The van der Waals surface area contributed by atoms with Gasteiger partial charge in [0.2, 0.25) is 0 Å². The molecule has 0 amide bonds. The summed E-state index contributed by atoms with van der Waals surface area (Å²) in [7, 11) is 2.48. The molecule has 0 bridgehead atoms. The van der Waals surface area contributed by atoms with Gasteiger partial charge in [-0.3, -0.25) is 0 Å². The van der Waals surface area contributed by atoms with E-state index in [-0.39, 0.29) is 0 Å². The van der Waals surface area contributed by atoms with Crippen molar-refractivity contribution in [1.82, 2.24) is 0 Å². The second-order valence-electron chi connectivity index (χ2n) is 3.06. The highest BCUT2D eigenvalue weighted by atomic mass is 28.4. The Morgan fingerprint density at radius 1 is 1.00 bits per heavy atom. The Hall–Kier alpha value is -0.233. The van der Waals surface area contributed by atoms with E-state index in [1.807, 2.05) is 0 Å². The predicted octanol–water partition coefficient (Wildman–Crippen LogP) is 1.62. The molecule has 14 heavy (non-hydrogen) atoms. The lowest BCUT2D eigenvalue weighted by molar-refractivity contribution is -0.107. The largest absolute Gasteiger partial charge is 0.500 e. The summed E-state index contributed by atoms with van der Waals surface area (Å²) in [5, 5.41) is 0. The van der Waals surface area contributed by atoms with Crippen LogP contribution in [0.3, 0.4) is 0 Å². The van der Waals surface area contributed by atoms with Crippen LogP contribution in [-0.4, -0.2) is 36.4 Å². The van der Waals surface area contributed by atoms with Gasteiger partial charge in [-0.05, 0) is 12.8 Å². The van der Waals surface area contributed by atoms with Crippen LogP contribution in [0.1, 0.15) is 25.7 Å². The van der Waals surface area contributed by atoms with E-state index < -0.39 is 8.80 Å². The van der Waals surface area contributed by atoms with Crippen LogP contribution in [0.15, 0.2) is 0 Å². The normalized spacial score (nSPS) is 11.6. The summed E-state index contributed by atoms with van der Waals surface area (Å²) in [6.07, 6.45) is 4.53.